The van der Waals surface area contributed by atoms with E-state index in [1.807, 2.05) is 13.8 Å². The lowest BCUT2D eigenvalue weighted by molar-refractivity contribution is -0.143. The molecule has 0 aliphatic rings. The summed E-state index contributed by atoms with van der Waals surface area (Å²) in [4.78, 5) is 13.0. The third kappa shape index (κ3) is 2.79. The van der Waals surface area contributed by atoms with Gasteiger partial charge >= 0.3 is 5.97 Å². The number of hydrogen-bond donors (Lipinski definition) is 1. The molecular weight excluding hydrogens is 209 g/mol. The maximum Gasteiger partial charge on any atom is 0.325 e. The first-order valence-electron chi connectivity index (χ1n) is 5.32. The molecule has 1 rings (SSSR count). The molecule has 0 amide bonds. The Hall–Kier alpha value is -1.42. The predicted molar refractivity (Wildman–Crippen MR) is 59.7 cm³/mol. The van der Waals surface area contributed by atoms with E-state index in [4.69, 9.17) is 0 Å². The quantitative estimate of drug-likeness (QED) is 0.835. The molecule has 4 heteroatoms. The Morgan fingerprint density at radius 1 is 1.44 bits per heavy atom. The van der Waals surface area contributed by atoms with Crippen molar-refractivity contribution in [2.45, 2.75) is 19.9 Å². The number of nitrogens with zero attached hydrogens (tertiary/aromatic N) is 1. The normalized spacial score (nSPS) is 12.8. The molecule has 0 aliphatic heterocycles. The van der Waals surface area contributed by atoms with Crippen molar-refractivity contribution in [2.75, 3.05) is 13.1 Å². The first kappa shape index (κ1) is 12.6. The molecule has 3 nitrogen and oxygen atoms in total. The van der Waals surface area contributed by atoms with Crippen molar-refractivity contribution < 1.29 is 14.3 Å². The zero-order valence-corrected chi connectivity index (χ0v) is 9.48. The third-order valence-corrected chi connectivity index (χ3v) is 2.58. The number of benzene rings is 1. The van der Waals surface area contributed by atoms with Gasteiger partial charge in [-0.05, 0) is 30.8 Å². The Morgan fingerprint density at radius 3 is 2.50 bits per heavy atom. The van der Waals surface area contributed by atoms with Crippen LogP contribution in [0.15, 0.2) is 24.3 Å². The Morgan fingerprint density at radius 2 is 2.06 bits per heavy atom. The van der Waals surface area contributed by atoms with Gasteiger partial charge < -0.3 is 5.11 Å². The minimum absolute atomic E-state index is 0.407. The summed E-state index contributed by atoms with van der Waals surface area (Å²) >= 11 is 0. The molecule has 0 aromatic heterocycles. The molecule has 0 spiro atoms. The standard InChI is InChI=1S/C12H16FNO2/c1-3-14(4-2)11(12(15)16)9-6-5-7-10(13)8-9/h5-8,11H,3-4H2,1-2H3,(H,15,16). The molecule has 1 N–H and O–H groups in total. The number of carboxylic acid groups (broad SMARTS) is 1. The van der Waals surface area contributed by atoms with Crippen LogP contribution >= 0.6 is 0 Å². The van der Waals surface area contributed by atoms with Crippen LogP contribution in [0.2, 0.25) is 0 Å². The summed E-state index contributed by atoms with van der Waals surface area (Å²) in [7, 11) is 0. The molecule has 16 heavy (non-hydrogen) atoms. The van der Waals surface area contributed by atoms with Gasteiger partial charge in [-0.15, -0.1) is 0 Å². The summed E-state index contributed by atoms with van der Waals surface area (Å²) in [5.41, 5.74) is 0.483. The Bertz CT molecular complexity index is 364. The van der Waals surface area contributed by atoms with Crippen LogP contribution in [-0.4, -0.2) is 29.1 Å². The number of carboxylic acids is 1. The van der Waals surface area contributed by atoms with Crippen molar-refractivity contribution in [3.63, 3.8) is 0 Å². The highest BCUT2D eigenvalue weighted by Crippen LogP contribution is 2.21. The number of carbonyl (C=O) groups is 1. The van der Waals surface area contributed by atoms with Gasteiger partial charge in [-0.3, -0.25) is 9.69 Å². The monoisotopic (exact) mass is 225 g/mol. The molecule has 1 aromatic rings. The first-order valence-corrected chi connectivity index (χ1v) is 5.32. The van der Waals surface area contributed by atoms with Crippen molar-refractivity contribution in [3.05, 3.63) is 35.6 Å². The van der Waals surface area contributed by atoms with Crippen LogP contribution in [0.5, 0.6) is 0 Å². The molecule has 0 fully saturated rings. The fraction of sp³-hybridized carbons (Fsp3) is 0.417. The van der Waals surface area contributed by atoms with Gasteiger partial charge in [-0.2, -0.15) is 0 Å². The Kier molecular flexibility index (Phi) is 4.43. The minimum Gasteiger partial charge on any atom is -0.480 e. The molecule has 1 aromatic carbocycles. The molecular formula is C12H16FNO2. The van der Waals surface area contributed by atoms with Gasteiger partial charge in [-0.25, -0.2) is 4.39 Å². The summed E-state index contributed by atoms with van der Waals surface area (Å²) in [6.45, 7) is 5.01. The van der Waals surface area contributed by atoms with Crippen LogP contribution in [0.25, 0.3) is 0 Å². The second-order valence-corrected chi connectivity index (χ2v) is 3.52. The second kappa shape index (κ2) is 5.61. The maximum absolute atomic E-state index is 13.1. The van der Waals surface area contributed by atoms with Gasteiger partial charge in [0.25, 0.3) is 0 Å². The van der Waals surface area contributed by atoms with Crippen molar-refractivity contribution >= 4 is 5.97 Å². The fourth-order valence-corrected chi connectivity index (χ4v) is 1.78. The number of rotatable bonds is 5. The number of aliphatic carboxylic acids is 1. The lowest BCUT2D eigenvalue weighted by Crippen LogP contribution is -2.33. The topological polar surface area (TPSA) is 40.5 Å². The minimum atomic E-state index is -0.950. The van der Waals surface area contributed by atoms with Crippen LogP contribution in [0.3, 0.4) is 0 Å². The number of hydrogen-bond acceptors (Lipinski definition) is 2. The van der Waals surface area contributed by atoms with Crippen LogP contribution < -0.4 is 0 Å². The highest BCUT2D eigenvalue weighted by Gasteiger charge is 2.25. The predicted octanol–water partition coefficient (Wildman–Crippen LogP) is 2.29. The molecule has 0 saturated carbocycles. The van der Waals surface area contributed by atoms with E-state index >= 15 is 0 Å². The fourth-order valence-electron chi connectivity index (χ4n) is 1.78. The highest BCUT2D eigenvalue weighted by atomic mass is 19.1. The van der Waals surface area contributed by atoms with E-state index in [0.717, 1.165) is 0 Å². The lowest BCUT2D eigenvalue weighted by atomic mass is 10.1. The van der Waals surface area contributed by atoms with E-state index in [2.05, 4.69) is 0 Å². The molecule has 0 bridgehead atoms. The van der Waals surface area contributed by atoms with Crippen molar-refractivity contribution in [1.82, 2.24) is 4.90 Å². The Labute approximate surface area is 94.5 Å². The third-order valence-electron chi connectivity index (χ3n) is 2.58. The van der Waals surface area contributed by atoms with Gasteiger partial charge in [0.05, 0.1) is 0 Å². The molecule has 1 unspecified atom stereocenters. The summed E-state index contributed by atoms with van der Waals surface area (Å²) in [5.74, 6) is -1.36. The smallest absolute Gasteiger partial charge is 0.325 e. The van der Waals surface area contributed by atoms with Crippen molar-refractivity contribution in [3.8, 4) is 0 Å². The average Bonchev–Trinajstić information content (AvgIpc) is 2.24. The zero-order chi connectivity index (χ0) is 12.1. The van der Waals surface area contributed by atoms with E-state index in [0.29, 0.717) is 18.7 Å². The lowest BCUT2D eigenvalue weighted by Gasteiger charge is -2.26. The zero-order valence-electron chi connectivity index (χ0n) is 9.48. The van der Waals surface area contributed by atoms with Gasteiger partial charge in [0.1, 0.15) is 11.9 Å². The van der Waals surface area contributed by atoms with Gasteiger partial charge in [0.15, 0.2) is 0 Å². The summed E-state index contributed by atoms with van der Waals surface area (Å²) in [6, 6.07) is 4.98. The largest absolute Gasteiger partial charge is 0.480 e. The van der Waals surface area contributed by atoms with E-state index in [9.17, 15) is 14.3 Å². The van der Waals surface area contributed by atoms with E-state index in [1.165, 1.54) is 18.2 Å². The van der Waals surface area contributed by atoms with Crippen LogP contribution in [0.1, 0.15) is 25.5 Å². The van der Waals surface area contributed by atoms with Crippen LogP contribution in [0, 0.1) is 5.82 Å². The molecule has 0 aliphatic carbocycles. The average molecular weight is 225 g/mol. The second-order valence-electron chi connectivity index (χ2n) is 3.52. The van der Waals surface area contributed by atoms with Crippen LogP contribution in [0.4, 0.5) is 4.39 Å². The maximum atomic E-state index is 13.1. The molecule has 0 heterocycles. The summed E-state index contributed by atoms with van der Waals surface area (Å²) < 4.78 is 13.1. The van der Waals surface area contributed by atoms with Crippen molar-refractivity contribution in [2.24, 2.45) is 0 Å². The van der Waals surface area contributed by atoms with E-state index in [1.54, 1.807) is 11.0 Å². The summed E-state index contributed by atoms with van der Waals surface area (Å²) in [5, 5.41) is 9.19. The molecule has 0 radical (unpaired) electrons. The molecule has 88 valence electrons. The molecule has 0 saturated heterocycles. The van der Waals surface area contributed by atoms with Crippen LogP contribution in [-0.2, 0) is 4.79 Å². The van der Waals surface area contributed by atoms with Crippen molar-refractivity contribution in [1.29, 1.82) is 0 Å². The number of likely N-dealkylation sites (N-methyl/N-ethyl adjacent to an activating group) is 1. The number of halogens is 1. The Balaban J connectivity index is 3.06. The van der Waals surface area contributed by atoms with Gasteiger partial charge in [0.2, 0.25) is 0 Å². The van der Waals surface area contributed by atoms with Gasteiger partial charge in [0, 0.05) is 0 Å². The van der Waals surface area contributed by atoms with Gasteiger partial charge in [-0.1, -0.05) is 26.0 Å². The SMILES string of the molecule is CCN(CC)C(C(=O)O)c1cccc(F)c1. The van der Waals surface area contributed by atoms with E-state index in [-0.39, 0.29) is 0 Å². The first-order chi connectivity index (χ1) is 7.60. The highest BCUT2D eigenvalue weighted by molar-refractivity contribution is 5.75. The van der Waals surface area contributed by atoms with E-state index < -0.39 is 17.8 Å². The summed E-state index contributed by atoms with van der Waals surface area (Å²) in [6.07, 6.45) is 0. The molecule has 1 atom stereocenters.